The van der Waals surface area contributed by atoms with Crippen molar-refractivity contribution in [2.24, 2.45) is 0 Å². The van der Waals surface area contributed by atoms with E-state index in [0.29, 0.717) is 26.1 Å². The van der Waals surface area contributed by atoms with Crippen LogP contribution in [-0.2, 0) is 10.9 Å². The van der Waals surface area contributed by atoms with Crippen molar-refractivity contribution in [1.82, 2.24) is 0 Å². The summed E-state index contributed by atoms with van der Waals surface area (Å²) in [7, 11) is 0. The Morgan fingerprint density at radius 1 is 1.26 bits per heavy atom. The maximum atomic E-state index is 13.0. The molecule has 0 radical (unpaired) electrons. The fourth-order valence-electron chi connectivity index (χ4n) is 2.18. The molecule has 106 valence electrons. The van der Waals surface area contributed by atoms with Gasteiger partial charge in [0.05, 0.1) is 5.56 Å². The van der Waals surface area contributed by atoms with Gasteiger partial charge in [0.1, 0.15) is 0 Å². The molecule has 1 aliphatic heterocycles. The van der Waals surface area contributed by atoms with Gasteiger partial charge in [-0.1, -0.05) is 0 Å². The first kappa shape index (κ1) is 14.0. The number of nitrogen functional groups attached to an aromatic ring is 1. The van der Waals surface area contributed by atoms with Crippen LogP contribution < -0.4 is 11.1 Å². The molecule has 19 heavy (non-hydrogen) atoms. The minimum Gasteiger partial charge on any atom is -0.399 e. The highest BCUT2D eigenvalue weighted by Crippen LogP contribution is 2.38. The molecule has 0 unspecified atom stereocenters. The lowest BCUT2D eigenvalue weighted by Crippen LogP contribution is -2.41. The van der Waals surface area contributed by atoms with E-state index in [1.807, 2.05) is 6.92 Å². The summed E-state index contributed by atoms with van der Waals surface area (Å²) in [5.74, 6) is 0. The molecule has 0 saturated carbocycles. The maximum Gasteiger partial charge on any atom is 0.418 e. The van der Waals surface area contributed by atoms with Crippen LogP contribution in [-0.4, -0.2) is 18.8 Å². The van der Waals surface area contributed by atoms with Crippen molar-refractivity contribution in [1.29, 1.82) is 0 Å². The zero-order chi connectivity index (χ0) is 14.1. The second-order valence-corrected chi connectivity index (χ2v) is 5.10. The molecule has 3 N–H and O–H groups in total. The number of halogens is 3. The van der Waals surface area contributed by atoms with Crippen molar-refractivity contribution in [3.8, 4) is 0 Å². The number of hydrogen-bond donors (Lipinski definition) is 2. The number of benzene rings is 1. The average molecular weight is 274 g/mol. The standard InChI is InChI=1S/C13H17F3N2O/c1-12(4-6-19-7-5-12)18-11-3-2-9(17)8-10(11)13(14,15)16/h2-3,8,18H,4-7,17H2,1H3. The molecule has 1 aromatic carbocycles. The molecule has 2 rings (SSSR count). The number of rotatable bonds is 2. The van der Waals surface area contributed by atoms with E-state index in [1.165, 1.54) is 12.1 Å². The van der Waals surface area contributed by atoms with E-state index in [1.54, 1.807) is 0 Å². The molecule has 0 amide bonds. The van der Waals surface area contributed by atoms with Crippen LogP contribution in [0.25, 0.3) is 0 Å². The molecule has 1 heterocycles. The minimum atomic E-state index is -4.42. The van der Waals surface area contributed by atoms with E-state index in [-0.39, 0.29) is 16.9 Å². The Balaban J connectivity index is 2.29. The summed E-state index contributed by atoms with van der Waals surface area (Å²) < 4.78 is 44.2. The molecule has 1 aliphatic rings. The van der Waals surface area contributed by atoms with Gasteiger partial charge in [-0.15, -0.1) is 0 Å². The highest BCUT2D eigenvalue weighted by molar-refractivity contribution is 5.60. The molecule has 0 atom stereocenters. The summed E-state index contributed by atoms with van der Waals surface area (Å²) in [5.41, 5.74) is 4.52. The molecule has 1 saturated heterocycles. The second kappa shape index (κ2) is 4.92. The van der Waals surface area contributed by atoms with E-state index in [2.05, 4.69) is 5.32 Å². The quantitative estimate of drug-likeness (QED) is 0.814. The van der Waals surface area contributed by atoms with Gasteiger partial charge in [0.2, 0.25) is 0 Å². The van der Waals surface area contributed by atoms with Gasteiger partial charge < -0.3 is 15.8 Å². The van der Waals surface area contributed by atoms with E-state index < -0.39 is 11.7 Å². The Bertz CT molecular complexity index is 454. The van der Waals surface area contributed by atoms with Crippen molar-refractivity contribution in [2.45, 2.75) is 31.5 Å². The summed E-state index contributed by atoms with van der Waals surface area (Å²) in [6.07, 6.45) is -3.07. The fourth-order valence-corrected chi connectivity index (χ4v) is 2.18. The third-order valence-electron chi connectivity index (χ3n) is 3.38. The van der Waals surface area contributed by atoms with Gasteiger partial charge in [-0.25, -0.2) is 0 Å². The number of hydrogen-bond acceptors (Lipinski definition) is 3. The smallest absolute Gasteiger partial charge is 0.399 e. The van der Waals surface area contributed by atoms with Gasteiger partial charge >= 0.3 is 6.18 Å². The molecule has 6 heteroatoms. The lowest BCUT2D eigenvalue weighted by Gasteiger charge is -2.36. The van der Waals surface area contributed by atoms with Crippen LogP contribution in [0.15, 0.2) is 18.2 Å². The lowest BCUT2D eigenvalue weighted by atomic mass is 9.91. The van der Waals surface area contributed by atoms with Crippen molar-refractivity contribution in [3.63, 3.8) is 0 Å². The third-order valence-corrected chi connectivity index (χ3v) is 3.38. The summed E-state index contributed by atoms with van der Waals surface area (Å²) >= 11 is 0. The van der Waals surface area contributed by atoms with Gasteiger partial charge in [-0.3, -0.25) is 0 Å². The first-order chi connectivity index (χ1) is 8.80. The summed E-state index contributed by atoms with van der Waals surface area (Å²) in [6.45, 7) is 3.02. The van der Waals surface area contributed by atoms with Crippen molar-refractivity contribution in [3.05, 3.63) is 23.8 Å². The van der Waals surface area contributed by atoms with Crippen LogP contribution >= 0.6 is 0 Å². The van der Waals surface area contributed by atoms with Crippen LogP contribution in [0.1, 0.15) is 25.3 Å². The predicted molar refractivity (Wildman–Crippen MR) is 67.9 cm³/mol. The minimum absolute atomic E-state index is 0.0751. The van der Waals surface area contributed by atoms with Crippen molar-refractivity contribution in [2.75, 3.05) is 24.3 Å². The van der Waals surface area contributed by atoms with Crippen LogP contribution in [0.2, 0.25) is 0 Å². The molecule has 1 aromatic rings. The maximum absolute atomic E-state index is 13.0. The predicted octanol–water partition coefficient (Wildman–Crippen LogP) is 3.27. The molecule has 0 aromatic heterocycles. The normalized spacial score (nSPS) is 19.2. The van der Waals surface area contributed by atoms with Gasteiger partial charge in [-0.05, 0) is 38.0 Å². The first-order valence-electron chi connectivity index (χ1n) is 6.13. The van der Waals surface area contributed by atoms with Gasteiger partial charge in [0, 0.05) is 30.1 Å². The Labute approximate surface area is 109 Å². The topological polar surface area (TPSA) is 47.3 Å². The van der Waals surface area contributed by atoms with E-state index in [9.17, 15) is 13.2 Å². The van der Waals surface area contributed by atoms with Crippen LogP contribution in [0.5, 0.6) is 0 Å². The third kappa shape index (κ3) is 3.32. The van der Waals surface area contributed by atoms with Crippen LogP contribution in [0.4, 0.5) is 24.5 Å². The van der Waals surface area contributed by atoms with Crippen LogP contribution in [0, 0.1) is 0 Å². The van der Waals surface area contributed by atoms with E-state index >= 15 is 0 Å². The number of ether oxygens (including phenoxy) is 1. The van der Waals surface area contributed by atoms with E-state index in [0.717, 1.165) is 6.07 Å². The van der Waals surface area contributed by atoms with Crippen molar-refractivity contribution < 1.29 is 17.9 Å². The molecule has 0 bridgehead atoms. The Morgan fingerprint density at radius 2 is 1.89 bits per heavy atom. The monoisotopic (exact) mass is 274 g/mol. The zero-order valence-electron chi connectivity index (χ0n) is 10.7. The molecular weight excluding hydrogens is 257 g/mol. The first-order valence-corrected chi connectivity index (χ1v) is 6.13. The van der Waals surface area contributed by atoms with Crippen LogP contribution in [0.3, 0.4) is 0 Å². The summed E-state index contributed by atoms with van der Waals surface area (Å²) in [4.78, 5) is 0. The fraction of sp³-hybridized carbons (Fsp3) is 0.538. The largest absolute Gasteiger partial charge is 0.418 e. The highest BCUT2D eigenvalue weighted by Gasteiger charge is 2.36. The Hall–Kier alpha value is -1.43. The number of alkyl halides is 3. The number of nitrogens with two attached hydrogens (primary N) is 1. The molecule has 3 nitrogen and oxygen atoms in total. The van der Waals surface area contributed by atoms with Gasteiger partial charge in [-0.2, -0.15) is 13.2 Å². The zero-order valence-corrected chi connectivity index (χ0v) is 10.7. The number of anilines is 2. The molecule has 0 spiro atoms. The molecular formula is C13H17F3N2O. The SMILES string of the molecule is CC1(Nc2ccc(N)cc2C(F)(F)F)CCOCC1. The Kier molecular flexibility index (Phi) is 3.62. The molecule has 0 aliphatic carbocycles. The summed E-state index contributed by atoms with van der Waals surface area (Å²) in [6, 6.07) is 3.82. The van der Waals surface area contributed by atoms with E-state index in [4.69, 9.17) is 10.5 Å². The van der Waals surface area contributed by atoms with Gasteiger partial charge in [0.25, 0.3) is 0 Å². The number of nitrogens with one attached hydrogen (secondary N) is 1. The van der Waals surface area contributed by atoms with Crippen molar-refractivity contribution >= 4 is 11.4 Å². The lowest BCUT2D eigenvalue weighted by molar-refractivity contribution is -0.137. The Morgan fingerprint density at radius 3 is 2.47 bits per heavy atom. The molecule has 1 fully saturated rings. The summed E-state index contributed by atoms with van der Waals surface area (Å²) in [5, 5.41) is 3.00. The highest BCUT2D eigenvalue weighted by atomic mass is 19.4. The van der Waals surface area contributed by atoms with Gasteiger partial charge in [0.15, 0.2) is 0 Å². The second-order valence-electron chi connectivity index (χ2n) is 5.10. The average Bonchev–Trinajstić information content (AvgIpc) is 2.31.